The fourth-order valence-electron chi connectivity index (χ4n) is 0.946. The zero-order valence-electron chi connectivity index (χ0n) is 8.11. The summed E-state index contributed by atoms with van der Waals surface area (Å²) >= 11 is 0. The molecule has 0 aliphatic heterocycles. The van der Waals surface area contributed by atoms with Crippen LogP contribution in [-0.4, -0.2) is 5.60 Å². The Labute approximate surface area is 83.2 Å². The number of benzene rings is 1. The van der Waals surface area contributed by atoms with Gasteiger partial charge in [-0.25, -0.2) is 0 Å². The molecule has 0 saturated heterocycles. The van der Waals surface area contributed by atoms with Gasteiger partial charge in [-0.05, 0) is 26.0 Å². The largest absolute Gasteiger partial charge is 0.472 e. The highest BCUT2D eigenvalue weighted by Crippen LogP contribution is 2.21. The van der Waals surface area contributed by atoms with E-state index in [2.05, 4.69) is 0 Å². The number of para-hydroxylation sites is 1. The lowest BCUT2D eigenvalue weighted by molar-refractivity contribution is 0.169. The van der Waals surface area contributed by atoms with Crippen molar-refractivity contribution >= 4 is 0 Å². The van der Waals surface area contributed by atoms with Crippen LogP contribution in [0.1, 0.15) is 19.4 Å². The van der Waals surface area contributed by atoms with Crippen molar-refractivity contribution in [2.45, 2.75) is 19.4 Å². The molecule has 14 heavy (non-hydrogen) atoms. The monoisotopic (exact) mass is 186 g/mol. The average Bonchev–Trinajstić information content (AvgIpc) is 2.18. The number of hydrogen-bond acceptors (Lipinski definition) is 3. The van der Waals surface area contributed by atoms with E-state index in [1.54, 1.807) is 38.1 Å². The zero-order valence-corrected chi connectivity index (χ0v) is 8.11. The van der Waals surface area contributed by atoms with Crippen molar-refractivity contribution in [2.75, 3.05) is 0 Å². The Morgan fingerprint density at radius 2 is 1.86 bits per heavy atom. The molecule has 0 radical (unpaired) electrons. The molecule has 1 aromatic carbocycles. The summed E-state index contributed by atoms with van der Waals surface area (Å²) in [6.07, 6.45) is 0. The van der Waals surface area contributed by atoms with E-state index in [-0.39, 0.29) is 0 Å². The number of rotatable bonds is 2. The minimum absolute atomic E-state index is 0.441. The minimum Gasteiger partial charge on any atom is -0.472 e. The predicted molar refractivity (Wildman–Crippen MR) is 51.5 cm³/mol. The van der Waals surface area contributed by atoms with E-state index < -0.39 is 5.60 Å². The van der Waals surface area contributed by atoms with Gasteiger partial charge in [-0.3, -0.25) is 0 Å². The molecule has 3 heteroatoms. The summed E-state index contributed by atoms with van der Waals surface area (Å²) in [5, 5.41) is 17.5. The summed E-state index contributed by atoms with van der Waals surface area (Å²) in [6.45, 7) is 3.31. The molecular weight excluding hydrogens is 176 g/mol. The summed E-state index contributed by atoms with van der Waals surface area (Å²) in [5.41, 5.74) is -0.469. The van der Waals surface area contributed by atoms with E-state index in [9.17, 15) is 0 Å². The fourth-order valence-corrected chi connectivity index (χ4v) is 0.946. The third-order valence-corrected chi connectivity index (χ3v) is 1.64. The SMILES string of the molecule is CC(C)(C#N)Oc1ccccc1C#N. The van der Waals surface area contributed by atoms with Gasteiger partial charge in [0.15, 0.2) is 5.60 Å². The number of nitrogens with zero attached hydrogens (tertiary/aromatic N) is 2. The van der Waals surface area contributed by atoms with E-state index in [4.69, 9.17) is 15.3 Å². The van der Waals surface area contributed by atoms with Gasteiger partial charge in [-0.1, -0.05) is 12.1 Å². The molecule has 0 fully saturated rings. The molecular formula is C11H10N2O. The molecule has 0 N–H and O–H groups in total. The lowest BCUT2D eigenvalue weighted by atomic mass is 10.1. The maximum atomic E-state index is 8.78. The topological polar surface area (TPSA) is 56.8 Å². The first-order chi connectivity index (χ1) is 6.59. The van der Waals surface area contributed by atoms with Crippen LogP contribution in [0.15, 0.2) is 24.3 Å². The Bertz CT molecular complexity index is 410. The second-order valence-electron chi connectivity index (χ2n) is 3.33. The van der Waals surface area contributed by atoms with E-state index in [1.165, 1.54) is 0 Å². The van der Waals surface area contributed by atoms with Crippen LogP contribution in [0, 0.1) is 22.7 Å². The highest BCUT2D eigenvalue weighted by molar-refractivity contribution is 5.43. The second-order valence-corrected chi connectivity index (χ2v) is 3.33. The van der Waals surface area contributed by atoms with E-state index in [0.29, 0.717) is 11.3 Å². The third kappa shape index (κ3) is 2.24. The van der Waals surface area contributed by atoms with Crippen LogP contribution in [0.5, 0.6) is 5.75 Å². The predicted octanol–water partition coefficient (Wildman–Crippen LogP) is 2.24. The molecule has 70 valence electrons. The first-order valence-electron chi connectivity index (χ1n) is 4.18. The molecule has 1 aromatic rings. The van der Waals surface area contributed by atoms with Crippen LogP contribution in [0.25, 0.3) is 0 Å². The van der Waals surface area contributed by atoms with Gasteiger partial charge in [0, 0.05) is 0 Å². The van der Waals surface area contributed by atoms with Crippen molar-refractivity contribution in [2.24, 2.45) is 0 Å². The Kier molecular flexibility index (Phi) is 2.74. The van der Waals surface area contributed by atoms with E-state index >= 15 is 0 Å². The van der Waals surface area contributed by atoms with Crippen LogP contribution in [0.3, 0.4) is 0 Å². The molecule has 0 saturated carbocycles. The van der Waals surface area contributed by atoms with Crippen molar-refractivity contribution < 1.29 is 4.74 Å². The van der Waals surface area contributed by atoms with Gasteiger partial charge in [-0.2, -0.15) is 10.5 Å². The lowest BCUT2D eigenvalue weighted by Crippen LogP contribution is -2.25. The first kappa shape index (κ1) is 10.1. The quantitative estimate of drug-likeness (QED) is 0.711. The average molecular weight is 186 g/mol. The Balaban J connectivity index is 3.00. The third-order valence-electron chi connectivity index (χ3n) is 1.64. The van der Waals surface area contributed by atoms with Crippen LogP contribution in [0.2, 0.25) is 0 Å². The maximum Gasteiger partial charge on any atom is 0.188 e. The number of hydrogen-bond donors (Lipinski definition) is 0. The molecule has 3 nitrogen and oxygen atoms in total. The van der Waals surface area contributed by atoms with Crippen molar-refractivity contribution in [1.82, 2.24) is 0 Å². The van der Waals surface area contributed by atoms with Crippen LogP contribution in [0.4, 0.5) is 0 Å². The first-order valence-corrected chi connectivity index (χ1v) is 4.18. The lowest BCUT2D eigenvalue weighted by Gasteiger charge is -2.18. The molecule has 0 bridgehead atoms. The summed E-state index contributed by atoms with van der Waals surface area (Å²) in [7, 11) is 0. The van der Waals surface area contributed by atoms with Gasteiger partial charge >= 0.3 is 0 Å². The fraction of sp³-hybridized carbons (Fsp3) is 0.273. The normalized spacial score (nSPS) is 10.0. The Hall–Kier alpha value is -2.00. The molecule has 0 amide bonds. The van der Waals surface area contributed by atoms with Crippen molar-refractivity contribution in [1.29, 1.82) is 10.5 Å². The van der Waals surface area contributed by atoms with Crippen molar-refractivity contribution in [3.8, 4) is 17.9 Å². The molecule has 0 spiro atoms. The highest BCUT2D eigenvalue weighted by Gasteiger charge is 2.19. The molecule has 0 aliphatic carbocycles. The summed E-state index contributed by atoms with van der Waals surface area (Å²) in [5.74, 6) is 0.446. The number of ether oxygens (including phenoxy) is 1. The smallest absolute Gasteiger partial charge is 0.188 e. The molecule has 0 aliphatic rings. The van der Waals surface area contributed by atoms with E-state index in [0.717, 1.165) is 0 Å². The Morgan fingerprint density at radius 1 is 1.21 bits per heavy atom. The van der Waals surface area contributed by atoms with Crippen LogP contribution >= 0.6 is 0 Å². The van der Waals surface area contributed by atoms with Gasteiger partial charge in [0.1, 0.15) is 17.9 Å². The van der Waals surface area contributed by atoms with Crippen LogP contribution < -0.4 is 4.74 Å². The van der Waals surface area contributed by atoms with Gasteiger partial charge in [0.2, 0.25) is 0 Å². The standard InChI is InChI=1S/C11H10N2O/c1-11(2,8-13)14-10-6-4-3-5-9(10)7-12/h3-6H,1-2H3. The van der Waals surface area contributed by atoms with Gasteiger partial charge in [-0.15, -0.1) is 0 Å². The van der Waals surface area contributed by atoms with Gasteiger partial charge in [0.05, 0.1) is 5.56 Å². The molecule has 0 atom stereocenters. The maximum absolute atomic E-state index is 8.78. The molecule has 0 unspecified atom stereocenters. The highest BCUT2D eigenvalue weighted by atomic mass is 16.5. The second kappa shape index (κ2) is 3.81. The summed E-state index contributed by atoms with van der Waals surface area (Å²) < 4.78 is 5.39. The summed E-state index contributed by atoms with van der Waals surface area (Å²) in [6, 6.07) is 10.9. The molecule has 0 heterocycles. The van der Waals surface area contributed by atoms with Gasteiger partial charge in [0.25, 0.3) is 0 Å². The Morgan fingerprint density at radius 3 is 2.43 bits per heavy atom. The van der Waals surface area contributed by atoms with Gasteiger partial charge < -0.3 is 4.74 Å². The van der Waals surface area contributed by atoms with E-state index in [1.807, 2.05) is 12.1 Å². The summed E-state index contributed by atoms with van der Waals surface area (Å²) in [4.78, 5) is 0. The molecule has 0 aromatic heterocycles. The number of nitriles is 2. The zero-order chi connectivity index (χ0) is 10.6. The minimum atomic E-state index is -0.910. The van der Waals surface area contributed by atoms with Crippen molar-refractivity contribution in [3.63, 3.8) is 0 Å². The molecule has 1 rings (SSSR count). The van der Waals surface area contributed by atoms with Crippen molar-refractivity contribution in [3.05, 3.63) is 29.8 Å². The van der Waals surface area contributed by atoms with Crippen LogP contribution in [-0.2, 0) is 0 Å².